The maximum Gasteiger partial charge on any atom is 0.152 e. The molecule has 0 amide bonds. The summed E-state index contributed by atoms with van der Waals surface area (Å²) in [5.41, 5.74) is 3.45. The van der Waals surface area contributed by atoms with Crippen molar-refractivity contribution in [3.63, 3.8) is 0 Å². The summed E-state index contributed by atoms with van der Waals surface area (Å²) in [6.07, 6.45) is 1.49. The molecule has 3 N–H and O–H groups in total. The van der Waals surface area contributed by atoms with Crippen LogP contribution in [0.15, 0.2) is 24.5 Å². The van der Waals surface area contributed by atoms with E-state index in [0.717, 1.165) is 14.5 Å². The van der Waals surface area contributed by atoms with Crippen LogP contribution in [0.4, 0.5) is 5.82 Å². The van der Waals surface area contributed by atoms with E-state index in [2.05, 4.69) is 38.0 Å². The summed E-state index contributed by atoms with van der Waals surface area (Å²) in [6.45, 7) is 0. The number of aromatic nitrogens is 2. The van der Waals surface area contributed by atoms with Crippen LogP contribution in [0.5, 0.6) is 0 Å². The number of fused-ring (bicyclic) bond motifs is 1. The van der Waals surface area contributed by atoms with Crippen LogP contribution in [0.1, 0.15) is 0 Å². The number of benzene rings is 1. The molecule has 0 saturated carbocycles. The fourth-order valence-corrected chi connectivity index (χ4v) is 1.92. The average Bonchev–Trinajstić information content (AvgIpc) is 2.17. The van der Waals surface area contributed by atoms with Gasteiger partial charge in [-0.25, -0.2) is 15.8 Å². The van der Waals surface area contributed by atoms with Gasteiger partial charge in [0.1, 0.15) is 6.33 Å². The Kier molecular flexibility index (Phi) is 2.28. The fraction of sp³-hybridized carbons (Fsp3) is 0. The highest BCUT2D eigenvalue weighted by atomic mass is 127. The largest absolute Gasteiger partial charge is 0.308 e. The summed E-state index contributed by atoms with van der Waals surface area (Å²) in [4.78, 5) is 8.17. The number of nitrogens with zero attached hydrogens (tertiary/aromatic N) is 2. The van der Waals surface area contributed by atoms with Crippen molar-refractivity contribution in [1.29, 1.82) is 0 Å². The lowest BCUT2D eigenvalue weighted by Crippen LogP contribution is -2.09. The molecule has 0 unspecified atom stereocenters. The summed E-state index contributed by atoms with van der Waals surface area (Å²) < 4.78 is 1.09. The Morgan fingerprint density at radius 2 is 2.15 bits per heavy atom. The minimum Gasteiger partial charge on any atom is -0.308 e. The van der Waals surface area contributed by atoms with Gasteiger partial charge in [0.05, 0.1) is 10.9 Å². The Morgan fingerprint density at radius 1 is 1.31 bits per heavy atom. The second-order valence-corrected chi connectivity index (χ2v) is 3.66. The van der Waals surface area contributed by atoms with Gasteiger partial charge >= 0.3 is 0 Å². The molecule has 1 heterocycles. The number of nitrogens with one attached hydrogen (secondary N) is 1. The van der Waals surface area contributed by atoms with Crippen molar-refractivity contribution in [1.82, 2.24) is 9.97 Å². The average molecular weight is 286 g/mol. The van der Waals surface area contributed by atoms with Crippen molar-refractivity contribution in [3.05, 3.63) is 28.1 Å². The number of hydrazine groups is 1. The minimum atomic E-state index is 0.662. The summed E-state index contributed by atoms with van der Waals surface area (Å²) in [5.74, 6) is 6.00. The molecule has 1 aromatic carbocycles. The molecular weight excluding hydrogens is 279 g/mol. The molecule has 1 aromatic heterocycles. The molecule has 0 aliphatic rings. The van der Waals surface area contributed by atoms with E-state index in [4.69, 9.17) is 5.84 Å². The van der Waals surface area contributed by atoms with E-state index in [9.17, 15) is 0 Å². The van der Waals surface area contributed by atoms with Gasteiger partial charge in [-0.3, -0.25) is 0 Å². The number of anilines is 1. The second-order valence-electron chi connectivity index (χ2n) is 2.50. The van der Waals surface area contributed by atoms with Crippen LogP contribution < -0.4 is 11.3 Å². The molecule has 0 atom stereocenters. The predicted molar refractivity (Wildman–Crippen MR) is 60.1 cm³/mol. The van der Waals surface area contributed by atoms with Crippen LogP contribution in [0.3, 0.4) is 0 Å². The molecular formula is C8H7IN4. The lowest BCUT2D eigenvalue weighted by atomic mass is 10.2. The third-order valence-corrected chi connectivity index (χ3v) is 2.65. The highest BCUT2D eigenvalue weighted by Gasteiger charge is 2.04. The van der Waals surface area contributed by atoms with E-state index < -0.39 is 0 Å². The van der Waals surface area contributed by atoms with Crippen molar-refractivity contribution in [3.8, 4) is 0 Å². The number of nitrogens with two attached hydrogens (primary N) is 1. The van der Waals surface area contributed by atoms with Crippen LogP contribution in [-0.4, -0.2) is 9.97 Å². The number of hydrogen-bond donors (Lipinski definition) is 2. The zero-order chi connectivity index (χ0) is 9.26. The molecule has 0 fully saturated rings. The van der Waals surface area contributed by atoms with Crippen LogP contribution in [0.25, 0.3) is 10.9 Å². The predicted octanol–water partition coefficient (Wildman–Crippen LogP) is 1.52. The van der Waals surface area contributed by atoms with Gasteiger partial charge in [-0.2, -0.15) is 0 Å². The monoisotopic (exact) mass is 286 g/mol. The molecule has 13 heavy (non-hydrogen) atoms. The van der Waals surface area contributed by atoms with Crippen molar-refractivity contribution in [2.24, 2.45) is 5.84 Å². The molecule has 0 spiro atoms. The Bertz CT molecular complexity index is 438. The number of halogens is 1. The first kappa shape index (κ1) is 8.64. The Hall–Kier alpha value is -0.950. The molecule has 2 aromatic rings. The maximum absolute atomic E-state index is 5.34. The smallest absolute Gasteiger partial charge is 0.152 e. The SMILES string of the molecule is NNc1ncnc2cccc(I)c12. The van der Waals surface area contributed by atoms with E-state index in [0.29, 0.717) is 5.82 Å². The lowest BCUT2D eigenvalue weighted by Gasteiger charge is -2.04. The van der Waals surface area contributed by atoms with Gasteiger partial charge in [-0.1, -0.05) is 6.07 Å². The van der Waals surface area contributed by atoms with Gasteiger partial charge in [0.15, 0.2) is 5.82 Å². The lowest BCUT2D eigenvalue weighted by molar-refractivity contribution is 1.18. The first-order valence-corrected chi connectivity index (χ1v) is 4.76. The highest BCUT2D eigenvalue weighted by molar-refractivity contribution is 14.1. The minimum absolute atomic E-state index is 0.662. The van der Waals surface area contributed by atoms with Gasteiger partial charge in [0, 0.05) is 3.57 Å². The topological polar surface area (TPSA) is 63.8 Å². The molecule has 0 radical (unpaired) electrons. The molecule has 0 aliphatic heterocycles. The third-order valence-electron chi connectivity index (χ3n) is 1.75. The summed E-state index contributed by atoms with van der Waals surface area (Å²) >= 11 is 2.23. The van der Waals surface area contributed by atoms with Gasteiger partial charge < -0.3 is 5.43 Å². The molecule has 0 aliphatic carbocycles. The van der Waals surface area contributed by atoms with Crippen LogP contribution >= 0.6 is 22.6 Å². The van der Waals surface area contributed by atoms with Crippen molar-refractivity contribution < 1.29 is 0 Å². The van der Waals surface area contributed by atoms with Crippen molar-refractivity contribution in [2.75, 3.05) is 5.43 Å². The first-order valence-electron chi connectivity index (χ1n) is 3.69. The number of hydrogen-bond acceptors (Lipinski definition) is 4. The van der Waals surface area contributed by atoms with Gasteiger partial charge in [-0.05, 0) is 34.7 Å². The number of rotatable bonds is 1. The quantitative estimate of drug-likeness (QED) is 0.474. The molecule has 5 heteroatoms. The van der Waals surface area contributed by atoms with E-state index >= 15 is 0 Å². The zero-order valence-corrected chi connectivity index (χ0v) is 8.82. The molecule has 0 saturated heterocycles. The van der Waals surface area contributed by atoms with E-state index in [1.165, 1.54) is 6.33 Å². The first-order chi connectivity index (χ1) is 6.33. The Labute approximate surface area is 88.7 Å². The van der Waals surface area contributed by atoms with Crippen LogP contribution in [0.2, 0.25) is 0 Å². The van der Waals surface area contributed by atoms with Crippen LogP contribution in [0, 0.1) is 3.57 Å². The number of nitrogen functional groups attached to an aromatic ring is 1. The highest BCUT2D eigenvalue weighted by Crippen LogP contribution is 2.23. The summed E-state index contributed by atoms with van der Waals surface area (Å²) in [7, 11) is 0. The zero-order valence-electron chi connectivity index (χ0n) is 6.66. The normalized spacial score (nSPS) is 10.3. The van der Waals surface area contributed by atoms with Crippen molar-refractivity contribution >= 4 is 39.3 Å². The van der Waals surface area contributed by atoms with Crippen LogP contribution in [-0.2, 0) is 0 Å². The fourth-order valence-electron chi connectivity index (χ4n) is 1.18. The van der Waals surface area contributed by atoms with Crippen molar-refractivity contribution in [2.45, 2.75) is 0 Å². The molecule has 2 rings (SSSR count). The third kappa shape index (κ3) is 1.44. The van der Waals surface area contributed by atoms with E-state index in [-0.39, 0.29) is 0 Å². The molecule has 66 valence electrons. The molecule has 0 bridgehead atoms. The maximum atomic E-state index is 5.34. The summed E-state index contributed by atoms with van der Waals surface area (Å²) in [6, 6.07) is 5.88. The van der Waals surface area contributed by atoms with E-state index in [1.54, 1.807) is 0 Å². The molecule has 4 nitrogen and oxygen atoms in total. The van der Waals surface area contributed by atoms with Gasteiger partial charge in [-0.15, -0.1) is 0 Å². The van der Waals surface area contributed by atoms with E-state index in [1.807, 2.05) is 18.2 Å². The second kappa shape index (κ2) is 3.43. The standard InChI is InChI=1S/C8H7IN4/c9-5-2-1-3-6-7(5)8(13-10)12-4-11-6/h1-4H,10H2,(H,11,12,13). The summed E-state index contributed by atoms with van der Waals surface area (Å²) in [5, 5.41) is 0.966. The van der Waals surface area contributed by atoms with Gasteiger partial charge in [0.2, 0.25) is 0 Å². The Morgan fingerprint density at radius 3 is 2.92 bits per heavy atom. The van der Waals surface area contributed by atoms with Gasteiger partial charge in [0.25, 0.3) is 0 Å². The Balaban J connectivity index is 2.87.